The summed E-state index contributed by atoms with van der Waals surface area (Å²) >= 11 is 1.46. The molecular formula is C18H22N4OS. The number of aryl methyl sites for hydroxylation is 1. The molecule has 6 heteroatoms. The van der Waals surface area contributed by atoms with Crippen LogP contribution in [0.25, 0.3) is 10.9 Å². The van der Waals surface area contributed by atoms with E-state index < -0.39 is 0 Å². The molecule has 126 valence electrons. The molecule has 1 aromatic carbocycles. The number of hydrogen-bond acceptors (Lipinski definition) is 4. The number of rotatable bonds is 7. The van der Waals surface area contributed by atoms with E-state index in [2.05, 4.69) is 46.5 Å². The Morgan fingerprint density at radius 3 is 2.96 bits per heavy atom. The number of aromatic nitrogens is 3. The van der Waals surface area contributed by atoms with Gasteiger partial charge in [0.25, 0.3) is 0 Å². The van der Waals surface area contributed by atoms with Gasteiger partial charge in [-0.1, -0.05) is 43.4 Å². The van der Waals surface area contributed by atoms with Crippen molar-refractivity contribution < 1.29 is 4.79 Å². The molecule has 0 fully saturated rings. The van der Waals surface area contributed by atoms with Crippen molar-refractivity contribution in [1.29, 1.82) is 0 Å². The van der Waals surface area contributed by atoms with Crippen LogP contribution in [0.5, 0.6) is 0 Å². The average Bonchev–Trinajstić information content (AvgIpc) is 3.14. The summed E-state index contributed by atoms with van der Waals surface area (Å²) in [5.41, 5.74) is 2.40. The predicted molar refractivity (Wildman–Crippen MR) is 98.3 cm³/mol. The zero-order valence-corrected chi connectivity index (χ0v) is 14.8. The molecule has 0 radical (unpaired) electrons. The van der Waals surface area contributed by atoms with Gasteiger partial charge in [-0.15, -0.1) is 10.2 Å². The zero-order valence-electron chi connectivity index (χ0n) is 14.0. The Balaban J connectivity index is 1.48. The van der Waals surface area contributed by atoms with E-state index in [1.165, 1.54) is 22.3 Å². The Morgan fingerprint density at radius 2 is 2.12 bits per heavy atom. The Kier molecular flexibility index (Phi) is 5.25. The van der Waals surface area contributed by atoms with Gasteiger partial charge in [0.2, 0.25) is 11.0 Å². The lowest BCUT2D eigenvalue weighted by atomic mass is 10.1. The average molecular weight is 342 g/mol. The fourth-order valence-electron chi connectivity index (χ4n) is 2.70. The van der Waals surface area contributed by atoms with E-state index in [0.717, 1.165) is 29.8 Å². The Morgan fingerprint density at radius 1 is 1.29 bits per heavy atom. The van der Waals surface area contributed by atoms with Crippen molar-refractivity contribution in [2.45, 2.75) is 39.5 Å². The van der Waals surface area contributed by atoms with Crippen molar-refractivity contribution in [1.82, 2.24) is 15.2 Å². The Hall–Kier alpha value is -2.21. The molecule has 1 amide bonds. The van der Waals surface area contributed by atoms with E-state index >= 15 is 0 Å². The number of fused-ring (bicyclic) bond motifs is 1. The van der Waals surface area contributed by atoms with Crippen LogP contribution >= 0.6 is 11.3 Å². The number of hydrogen-bond donors (Lipinski definition) is 2. The maximum Gasteiger partial charge on any atom is 0.226 e. The first-order valence-electron chi connectivity index (χ1n) is 8.29. The van der Waals surface area contributed by atoms with Crippen LogP contribution < -0.4 is 5.32 Å². The number of nitrogens with zero attached hydrogens (tertiary/aromatic N) is 2. The molecule has 0 saturated carbocycles. The van der Waals surface area contributed by atoms with Crippen LogP contribution in [0, 0.1) is 5.92 Å². The number of aromatic amines is 1. The molecule has 0 saturated heterocycles. The molecule has 3 rings (SSSR count). The number of benzene rings is 1. The van der Waals surface area contributed by atoms with E-state index in [0.29, 0.717) is 17.5 Å². The Bertz CT molecular complexity index is 821. The summed E-state index contributed by atoms with van der Waals surface area (Å²) in [6.07, 6.45) is 5.11. The lowest BCUT2D eigenvalue weighted by Gasteiger charge is -2.01. The minimum atomic E-state index is 0.00193. The molecule has 2 aromatic heterocycles. The van der Waals surface area contributed by atoms with Gasteiger partial charge in [-0.25, -0.2) is 0 Å². The fourth-order valence-corrected chi connectivity index (χ4v) is 3.66. The SMILES string of the molecule is CC(C)Cc1nnc(NC(=O)CCCc2c[nH]c3ccccc23)s1. The highest BCUT2D eigenvalue weighted by Crippen LogP contribution is 2.21. The summed E-state index contributed by atoms with van der Waals surface area (Å²) in [6, 6.07) is 8.23. The van der Waals surface area contributed by atoms with Crippen molar-refractivity contribution in [3.05, 3.63) is 41.0 Å². The summed E-state index contributed by atoms with van der Waals surface area (Å²) < 4.78 is 0. The number of carbonyl (C=O) groups excluding carboxylic acids is 1. The molecular weight excluding hydrogens is 320 g/mol. The van der Waals surface area contributed by atoms with Gasteiger partial charge in [0.15, 0.2) is 0 Å². The van der Waals surface area contributed by atoms with E-state index in [4.69, 9.17) is 0 Å². The molecule has 2 heterocycles. The van der Waals surface area contributed by atoms with Gasteiger partial charge in [0.1, 0.15) is 5.01 Å². The first kappa shape index (κ1) is 16.6. The molecule has 0 bridgehead atoms. The van der Waals surface area contributed by atoms with Crippen LogP contribution in [0.3, 0.4) is 0 Å². The third kappa shape index (κ3) is 4.20. The Labute approximate surface area is 145 Å². The van der Waals surface area contributed by atoms with Crippen LogP contribution in [0.4, 0.5) is 5.13 Å². The van der Waals surface area contributed by atoms with Crippen LogP contribution in [0.1, 0.15) is 37.3 Å². The lowest BCUT2D eigenvalue weighted by Crippen LogP contribution is -2.11. The van der Waals surface area contributed by atoms with Gasteiger partial charge in [-0.05, 0) is 30.4 Å². The summed E-state index contributed by atoms with van der Waals surface area (Å²) in [6.45, 7) is 4.29. The molecule has 24 heavy (non-hydrogen) atoms. The second-order valence-corrected chi connectivity index (χ2v) is 7.42. The summed E-state index contributed by atoms with van der Waals surface area (Å²) in [5.74, 6) is 0.541. The molecule has 5 nitrogen and oxygen atoms in total. The first-order chi connectivity index (χ1) is 11.6. The molecule has 0 aliphatic carbocycles. The van der Waals surface area contributed by atoms with Crippen molar-refractivity contribution in [2.75, 3.05) is 5.32 Å². The van der Waals surface area contributed by atoms with Crippen LogP contribution in [0.15, 0.2) is 30.5 Å². The smallest absolute Gasteiger partial charge is 0.226 e. The van der Waals surface area contributed by atoms with E-state index in [1.807, 2.05) is 18.3 Å². The number of anilines is 1. The van der Waals surface area contributed by atoms with Gasteiger partial charge >= 0.3 is 0 Å². The van der Waals surface area contributed by atoms with Crippen molar-refractivity contribution in [2.24, 2.45) is 5.92 Å². The van der Waals surface area contributed by atoms with E-state index in [1.54, 1.807) is 0 Å². The molecule has 0 aliphatic heterocycles. The number of carbonyl (C=O) groups is 1. The molecule has 3 aromatic rings. The zero-order chi connectivity index (χ0) is 16.9. The quantitative estimate of drug-likeness (QED) is 0.676. The maximum atomic E-state index is 12.1. The standard InChI is InChI=1S/C18H22N4OS/c1-12(2)10-17-21-22-18(24-17)20-16(23)9-5-6-13-11-19-15-8-4-3-7-14(13)15/h3-4,7-8,11-12,19H,5-6,9-10H2,1-2H3,(H,20,22,23). The van der Waals surface area contributed by atoms with Gasteiger partial charge in [0.05, 0.1) is 0 Å². The van der Waals surface area contributed by atoms with Crippen LogP contribution in [0.2, 0.25) is 0 Å². The summed E-state index contributed by atoms with van der Waals surface area (Å²) in [5, 5.41) is 13.8. The predicted octanol–water partition coefficient (Wildman–Crippen LogP) is 4.18. The van der Waals surface area contributed by atoms with Gasteiger partial charge < -0.3 is 10.3 Å². The lowest BCUT2D eigenvalue weighted by molar-refractivity contribution is -0.116. The minimum absolute atomic E-state index is 0.00193. The molecule has 2 N–H and O–H groups in total. The normalized spacial score (nSPS) is 11.3. The van der Waals surface area contributed by atoms with Crippen molar-refractivity contribution in [3.8, 4) is 0 Å². The maximum absolute atomic E-state index is 12.1. The number of para-hydroxylation sites is 1. The van der Waals surface area contributed by atoms with Gasteiger partial charge in [-0.3, -0.25) is 4.79 Å². The van der Waals surface area contributed by atoms with Gasteiger partial charge in [0, 0.05) is 29.9 Å². The number of nitrogens with one attached hydrogen (secondary N) is 2. The number of H-pyrrole nitrogens is 1. The van der Waals surface area contributed by atoms with E-state index in [9.17, 15) is 4.79 Å². The topological polar surface area (TPSA) is 70.7 Å². The third-order valence-electron chi connectivity index (χ3n) is 3.82. The highest BCUT2D eigenvalue weighted by atomic mass is 32.1. The largest absolute Gasteiger partial charge is 0.361 e. The van der Waals surface area contributed by atoms with Crippen molar-refractivity contribution >= 4 is 33.3 Å². The molecule has 0 atom stereocenters. The number of amides is 1. The van der Waals surface area contributed by atoms with Crippen LogP contribution in [-0.4, -0.2) is 21.1 Å². The highest BCUT2D eigenvalue weighted by Gasteiger charge is 2.10. The summed E-state index contributed by atoms with van der Waals surface area (Å²) in [4.78, 5) is 15.3. The second-order valence-electron chi connectivity index (χ2n) is 6.36. The second kappa shape index (κ2) is 7.57. The minimum Gasteiger partial charge on any atom is -0.361 e. The highest BCUT2D eigenvalue weighted by molar-refractivity contribution is 7.15. The first-order valence-corrected chi connectivity index (χ1v) is 9.10. The molecule has 0 unspecified atom stereocenters. The fraction of sp³-hybridized carbons (Fsp3) is 0.389. The molecule has 0 spiro atoms. The molecule has 0 aliphatic rings. The summed E-state index contributed by atoms with van der Waals surface area (Å²) in [7, 11) is 0. The monoisotopic (exact) mass is 342 g/mol. The van der Waals surface area contributed by atoms with Crippen LogP contribution in [-0.2, 0) is 17.6 Å². The van der Waals surface area contributed by atoms with Gasteiger partial charge in [-0.2, -0.15) is 0 Å². The third-order valence-corrected chi connectivity index (χ3v) is 4.68. The van der Waals surface area contributed by atoms with E-state index in [-0.39, 0.29) is 5.91 Å². The van der Waals surface area contributed by atoms with Crippen molar-refractivity contribution in [3.63, 3.8) is 0 Å².